The molecule has 1 fully saturated rings. The molecule has 2 aromatic carbocycles. The number of ether oxygens (including phenoxy) is 2. The first-order valence-corrected chi connectivity index (χ1v) is 11.6. The van der Waals surface area contributed by atoms with E-state index in [0.29, 0.717) is 19.4 Å². The van der Waals surface area contributed by atoms with Crippen LogP contribution in [0.2, 0.25) is 0 Å². The summed E-state index contributed by atoms with van der Waals surface area (Å²) in [6, 6.07) is 14.3. The van der Waals surface area contributed by atoms with Crippen molar-refractivity contribution in [2.24, 2.45) is 0 Å². The zero-order valence-electron chi connectivity index (χ0n) is 19.8. The summed E-state index contributed by atoms with van der Waals surface area (Å²) in [7, 11) is 1.20. The monoisotopic (exact) mass is 479 g/mol. The fourth-order valence-corrected chi connectivity index (χ4v) is 4.78. The number of methoxy groups -OCH3 is 1. The Morgan fingerprint density at radius 3 is 2.26 bits per heavy atom. The van der Waals surface area contributed by atoms with Gasteiger partial charge in [0.1, 0.15) is 18.7 Å². The molecule has 0 saturated carbocycles. The molecular weight excluding hydrogens is 450 g/mol. The molecule has 2 aromatic rings. The first-order valence-electron chi connectivity index (χ1n) is 11.6. The lowest BCUT2D eigenvalue weighted by atomic mass is 9.98. The second-order valence-electron chi connectivity index (χ2n) is 8.68. The van der Waals surface area contributed by atoms with Gasteiger partial charge in [-0.1, -0.05) is 48.5 Å². The minimum Gasteiger partial charge on any atom is -0.467 e. The SMILES string of the molecule is COC(=O)[C@H](CNC(C)=O)NC(=O)[C@@H]1CCCN1C(=O)OCC1c2ccccc2-c2ccccc21. The van der Waals surface area contributed by atoms with Gasteiger partial charge in [0.25, 0.3) is 0 Å². The van der Waals surface area contributed by atoms with E-state index in [1.807, 2.05) is 36.4 Å². The van der Waals surface area contributed by atoms with Gasteiger partial charge in [-0.15, -0.1) is 0 Å². The Kier molecular flexibility index (Phi) is 7.33. The van der Waals surface area contributed by atoms with E-state index in [4.69, 9.17) is 9.47 Å². The Labute approximate surface area is 203 Å². The predicted octanol–water partition coefficient (Wildman–Crippen LogP) is 2.19. The molecule has 35 heavy (non-hydrogen) atoms. The standard InChI is InChI=1S/C26H29N3O6/c1-16(30)27-14-22(25(32)34-2)28-24(31)23-12-7-13-29(23)26(33)35-15-21-19-10-5-3-8-17(19)18-9-4-6-11-20(18)21/h3-6,8-11,21-23H,7,12-15H2,1-2H3,(H,27,30)(H,28,31)/t22-,23-/m0/s1. The van der Waals surface area contributed by atoms with E-state index >= 15 is 0 Å². The number of benzene rings is 2. The van der Waals surface area contributed by atoms with Crippen LogP contribution in [0.15, 0.2) is 48.5 Å². The van der Waals surface area contributed by atoms with Crippen LogP contribution < -0.4 is 10.6 Å². The number of fused-ring (bicyclic) bond motifs is 3. The molecule has 9 heteroatoms. The Morgan fingerprint density at radius 1 is 1.03 bits per heavy atom. The fraction of sp³-hybridized carbons (Fsp3) is 0.385. The van der Waals surface area contributed by atoms with Crippen LogP contribution in [0.3, 0.4) is 0 Å². The van der Waals surface area contributed by atoms with Crippen LogP contribution in [0.5, 0.6) is 0 Å². The van der Waals surface area contributed by atoms with Crippen molar-refractivity contribution >= 4 is 23.9 Å². The number of carbonyl (C=O) groups is 4. The summed E-state index contributed by atoms with van der Waals surface area (Å²) in [5.74, 6) is -1.59. The second kappa shape index (κ2) is 10.6. The number of hydrogen-bond donors (Lipinski definition) is 2. The predicted molar refractivity (Wildman–Crippen MR) is 127 cm³/mol. The molecule has 3 amide bonds. The number of amides is 3. The van der Waals surface area contributed by atoms with Gasteiger partial charge < -0.3 is 20.1 Å². The minimum atomic E-state index is -1.05. The molecule has 0 bridgehead atoms. The van der Waals surface area contributed by atoms with Crippen LogP contribution >= 0.6 is 0 Å². The van der Waals surface area contributed by atoms with Gasteiger partial charge in [0, 0.05) is 25.9 Å². The number of likely N-dealkylation sites (tertiary alicyclic amines) is 1. The molecule has 2 atom stereocenters. The van der Waals surface area contributed by atoms with E-state index in [9.17, 15) is 19.2 Å². The maximum Gasteiger partial charge on any atom is 0.410 e. The van der Waals surface area contributed by atoms with E-state index in [0.717, 1.165) is 22.3 Å². The van der Waals surface area contributed by atoms with Crippen molar-refractivity contribution in [3.05, 3.63) is 59.7 Å². The lowest BCUT2D eigenvalue weighted by Gasteiger charge is -2.26. The van der Waals surface area contributed by atoms with E-state index in [1.54, 1.807) is 0 Å². The number of nitrogens with zero attached hydrogens (tertiary/aromatic N) is 1. The molecule has 1 saturated heterocycles. The summed E-state index contributed by atoms with van der Waals surface area (Å²) in [4.78, 5) is 50.6. The highest BCUT2D eigenvalue weighted by atomic mass is 16.6. The maximum absolute atomic E-state index is 13.0. The molecule has 1 aliphatic carbocycles. The van der Waals surface area contributed by atoms with E-state index in [-0.39, 0.29) is 25.0 Å². The molecule has 0 aromatic heterocycles. The number of esters is 1. The van der Waals surface area contributed by atoms with Gasteiger partial charge in [0.2, 0.25) is 11.8 Å². The van der Waals surface area contributed by atoms with Gasteiger partial charge in [0.05, 0.1) is 7.11 Å². The van der Waals surface area contributed by atoms with Crippen LogP contribution in [0.25, 0.3) is 11.1 Å². The third kappa shape index (κ3) is 5.13. The third-order valence-electron chi connectivity index (χ3n) is 6.48. The molecule has 184 valence electrons. The van der Waals surface area contributed by atoms with Crippen molar-refractivity contribution < 1.29 is 28.7 Å². The number of carbonyl (C=O) groups excluding carboxylic acids is 4. The fourth-order valence-electron chi connectivity index (χ4n) is 4.78. The Morgan fingerprint density at radius 2 is 1.66 bits per heavy atom. The van der Waals surface area contributed by atoms with Crippen LogP contribution in [0, 0.1) is 0 Å². The van der Waals surface area contributed by atoms with Gasteiger partial charge in [0.15, 0.2) is 0 Å². The molecule has 9 nitrogen and oxygen atoms in total. The summed E-state index contributed by atoms with van der Waals surface area (Å²) in [6.45, 7) is 1.74. The molecule has 2 N–H and O–H groups in total. The van der Waals surface area contributed by atoms with Crippen molar-refractivity contribution in [2.45, 2.75) is 37.8 Å². The molecule has 0 radical (unpaired) electrons. The number of rotatable bonds is 7. The lowest BCUT2D eigenvalue weighted by molar-refractivity contribution is -0.145. The van der Waals surface area contributed by atoms with Crippen molar-refractivity contribution in [2.75, 3.05) is 26.8 Å². The van der Waals surface area contributed by atoms with Gasteiger partial charge in [-0.05, 0) is 35.1 Å². The minimum absolute atomic E-state index is 0.0809. The highest BCUT2D eigenvalue weighted by molar-refractivity contribution is 5.90. The van der Waals surface area contributed by atoms with Crippen LogP contribution in [-0.4, -0.2) is 67.7 Å². The van der Waals surface area contributed by atoms with Gasteiger partial charge in [-0.3, -0.25) is 14.5 Å². The zero-order valence-corrected chi connectivity index (χ0v) is 19.8. The van der Waals surface area contributed by atoms with Crippen molar-refractivity contribution in [3.63, 3.8) is 0 Å². The molecule has 0 unspecified atom stereocenters. The van der Waals surface area contributed by atoms with Crippen LogP contribution in [0.4, 0.5) is 4.79 Å². The van der Waals surface area contributed by atoms with Gasteiger partial charge >= 0.3 is 12.1 Å². The smallest absolute Gasteiger partial charge is 0.410 e. The van der Waals surface area contributed by atoms with E-state index in [2.05, 4.69) is 22.8 Å². The second-order valence-corrected chi connectivity index (χ2v) is 8.68. The molecule has 1 heterocycles. The van der Waals surface area contributed by atoms with Crippen LogP contribution in [0.1, 0.15) is 36.8 Å². The average Bonchev–Trinajstić information content (AvgIpc) is 3.48. The molecule has 4 rings (SSSR count). The molecular formula is C26H29N3O6. The topological polar surface area (TPSA) is 114 Å². The first kappa shape index (κ1) is 24.3. The summed E-state index contributed by atoms with van der Waals surface area (Å²) in [5, 5.41) is 5.09. The average molecular weight is 480 g/mol. The number of nitrogens with one attached hydrogen (secondary N) is 2. The first-order chi connectivity index (χ1) is 16.9. The summed E-state index contributed by atoms with van der Waals surface area (Å²) in [6.07, 6.45) is 0.516. The highest BCUT2D eigenvalue weighted by Gasteiger charge is 2.38. The normalized spacial score (nSPS) is 17.2. The molecule has 0 spiro atoms. The van der Waals surface area contributed by atoms with Crippen molar-refractivity contribution in [1.29, 1.82) is 0 Å². The summed E-state index contributed by atoms with van der Waals surface area (Å²) >= 11 is 0. The van der Waals surface area contributed by atoms with Crippen molar-refractivity contribution in [1.82, 2.24) is 15.5 Å². The highest BCUT2D eigenvalue weighted by Crippen LogP contribution is 2.44. The lowest BCUT2D eigenvalue weighted by Crippen LogP contribution is -2.54. The van der Waals surface area contributed by atoms with E-state index in [1.165, 1.54) is 18.9 Å². The Bertz CT molecular complexity index is 1090. The third-order valence-corrected chi connectivity index (χ3v) is 6.48. The summed E-state index contributed by atoms with van der Waals surface area (Å²) < 4.78 is 10.4. The maximum atomic E-state index is 13.0. The Balaban J connectivity index is 1.41. The quantitative estimate of drug-likeness (QED) is 0.589. The summed E-state index contributed by atoms with van der Waals surface area (Å²) in [5.41, 5.74) is 4.48. The largest absolute Gasteiger partial charge is 0.467 e. The van der Waals surface area contributed by atoms with Gasteiger partial charge in [-0.2, -0.15) is 0 Å². The zero-order chi connectivity index (χ0) is 24.9. The Hall–Kier alpha value is -3.88. The molecule has 2 aliphatic rings. The molecule has 1 aliphatic heterocycles. The van der Waals surface area contributed by atoms with Gasteiger partial charge in [-0.25, -0.2) is 9.59 Å². The number of hydrogen-bond acceptors (Lipinski definition) is 6. The van der Waals surface area contributed by atoms with E-state index < -0.39 is 30.1 Å². The van der Waals surface area contributed by atoms with Crippen LogP contribution in [-0.2, 0) is 23.9 Å². The van der Waals surface area contributed by atoms with Crippen molar-refractivity contribution in [3.8, 4) is 11.1 Å².